The van der Waals surface area contributed by atoms with Gasteiger partial charge in [-0.25, -0.2) is 0 Å². The average Bonchev–Trinajstić information content (AvgIpc) is 2.43. The molecule has 1 aromatic rings. The van der Waals surface area contributed by atoms with Crippen LogP contribution in [0.25, 0.3) is 0 Å². The highest BCUT2D eigenvalue weighted by Gasteiger charge is 2.27. The first-order valence-corrected chi connectivity index (χ1v) is 8.77. The molecule has 0 amide bonds. The Morgan fingerprint density at radius 2 is 0.923 bits per heavy atom. The number of halogens is 2. The largest absolute Gasteiger partial charge is 0.421 e. The third-order valence-corrected chi connectivity index (χ3v) is 4.09. The number of benzene rings is 1. The van der Waals surface area contributed by atoms with Crippen molar-refractivity contribution in [3.63, 3.8) is 0 Å². The summed E-state index contributed by atoms with van der Waals surface area (Å²) in [5.74, 6) is -2.71. The van der Waals surface area contributed by atoms with Crippen molar-refractivity contribution < 1.29 is 38.1 Å². The SMILES string of the molecule is CC(=O)OC(OC(C)=O)c1cc(C(OC(C)=O)OC(C)=O)c(Br)cc1Br. The Kier molecular flexibility index (Phi) is 8.22. The standard InChI is InChI=1S/C16H16Br2O8/c1-7(19)23-15(24-8(2)20)11-5-12(14(18)6-13(11)17)16(25-9(3)21)26-10(4)22/h5-6,15-16H,1-4H3. The van der Waals surface area contributed by atoms with Crippen molar-refractivity contribution in [2.45, 2.75) is 40.3 Å². The molecule has 0 bridgehead atoms. The van der Waals surface area contributed by atoms with Crippen LogP contribution in [0.5, 0.6) is 0 Å². The van der Waals surface area contributed by atoms with Gasteiger partial charge in [-0.05, 0) is 12.1 Å². The lowest BCUT2D eigenvalue weighted by atomic mass is 10.1. The Bertz CT molecular complexity index is 642. The molecule has 0 saturated heterocycles. The minimum absolute atomic E-state index is 0.248. The molecule has 0 aliphatic carbocycles. The zero-order chi connectivity index (χ0) is 20.0. The van der Waals surface area contributed by atoms with E-state index in [4.69, 9.17) is 18.9 Å². The molecule has 0 heterocycles. The molecule has 0 atom stereocenters. The Balaban J connectivity index is 3.43. The van der Waals surface area contributed by atoms with Gasteiger partial charge in [0, 0.05) is 47.8 Å². The van der Waals surface area contributed by atoms with Gasteiger partial charge in [-0.3, -0.25) is 19.2 Å². The highest BCUT2D eigenvalue weighted by Crippen LogP contribution is 2.36. The van der Waals surface area contributed by atoms with Crippen molar-refractivity contribution in [2.24, 2.45) is 0 Å². The number of carbonyl (C=O) groups excluding carboxylic acids is 4. The maximum atomic E-state index is 11.3. The first kappa shape index (κ1) is 22.1. The zero-order valence-electron chi connectivity index (χ0n) is 14.3. The average molecular weight is 496 g/mol. The molecule has 0 aliphatic rings. The van der Waals surface area contributed by atoms with Crippen LogP contribution in [0, 0.1) is 0 Å². The molecule has 0 unspecified atom stereocenters. The van der Waals surface area contributed by atoms with Crippen LogP contribution in [0.2, 0.25) is 0 Å². The van der Waals surface area contributed by atoms with E-state index in [0.717, 1.165) is 27.7 Å². The Morgan fingerprint density at radius 1 is 0.654 bits per heavy atom. The fourth-order valence-electron chi connectivity index (χ4n) is 1.85. The van der Waals surface area contributed by atoms with Gasteiger partial charge in [0.05, 0.1) is 0 Å². The van der Waals surface area contributed by atoms with Crippen LogP contribution in [0.3, 0.4) is 0 Å². The second-order valence-corrected chi connectivity index (χ2v) is 6.71. The van der Waals surface area contributed by atoms with E-state index in [-0.39, 0.29) is 11.1 Å². The van der Waals surface area contributed by atoms with E-state index in [1.165, 1.54) is 6.07 Å². The summed E-state index contributed by atoms with van der Waals surface area (Å²) in [7, 11) is 0. The highest BCUT2D eigenvalue weighted by atomic mass is 79.9. The Labute approximate surface area is 166 Å². The van der Waals surface area contributed by atoms with E-state index in [0.29, 0.717) is 8.95 Å². The topological polar surface area (TPSA) is 105 Å². The van der Waals surface area contributed by atoms with Crippen molar-refractivity contribution in [2.75, 3.05) is 0 Å². The lowest BCUT2D eigenvalue weighted by molar-refractivity contribution is -0.187. The molecule has 1 rings (SSSR count). The van der Waals surface area contributed by atoms with Crippen molar-refractivity contribution >= 4 is 55.7 Å². The van der Waals surface area contributed by atoms with E-state index in [1.807, 2.05) is 0 Å². The predicted molar refractivity (Wildman–Crippen MR) is 94.4 cm³/mol. The molecule has 10 heteroatoms. The molecule has 0 spiro atoms. The number of rotatable bonds is 6. The van der Waals surface area contributed by atoms with Crippen LogP contribution < -0.4 is 0 Å². The lowest BCUT2D eigenvalue weighted by Crippen LogP contribution is -2.18. The second-order valence-electron chi connectivity index (χ2n) is 5.00. The van der Waals surface area contributed by atoms with Gasteiger partial charge in [-0.15, -0.1) is 0 Å². The third-order valence-electron chi connectivity index (χ3n) is 2.72. The normalized spacial score (nSPS) is 10.5. The minimum atomic E-state index is -1.35. The number of carbonyl (C=O) groups is 4. The van der Waals surface area contributed by atoms with E-state index >= 15 is 0 Å². The van der Waals surface area contributed by atoms with Gasteiger partial charge in [-0.1, -0.05) is 31.9 Å². The van der Waals surface area contributed by atoms with Gasteiger partial charge in [-0.2, -0.15) is 0 Å². The first-order chi connectivity index (χ1) is 12.0. The highest BCUT2D eigenvalue weighted by molar-refractivity contribution is 9.11. The monoisotopic (exact) mass is 494 g/mol. The summed E-state index contributed by atoms with van der Waals surface area (Å²) in [4.78, 5) is 45.3. The van der Waals surface area contributed by atoms with Crippen LogP contribution >= 0.6 is 31.9 Å². The van der Waals surface area contributed by atoms with E-state index in [2.05, 4.69) is 31.9 Å². The molecule has 26 heavy (non-hydrogen) atoms. The summed E-state index contributed by atoms with van der Waals surface area (Å²) < 4.78 is 21.0. The predicted octanol–water partition coefficient (Wildman–Crippen LogP) is 3.46. The number of ether oxygens (including phenoxy) is 4. The van der Waals surface area contributed by atoms with Gasteiger partial charge in [0.15, 0.2) is 0 Å². The van der Waals surface area contributed by atoms with E-state index < -0.39 is 36.5 Å². The summed E-state index contributed by atoms with van der Waals surface area (Å²) in [6.45, 7) is 4.63. The van der Waals surface area contributed by atoms with Crippen LogP contribution in [-0.4, -0.2) is 23.9 Å². The first-order valence-electron chi connectivity index (χ1n) is 7.19. The fraction of sp³-hybridized carbons (Fsp3) is 0.375. The molecule has 0 N–H and O–H groups in total. The smallest absolute Gasteiger partial charge is 0.305 e. The summed E-state index contributed by atoms with van der Waals surface area (Å²) in [5.41, 5.74) is 0.496. The minimum Gasteiger partial charge on any atom is -0.421 e. The summed E-state index contributed by atoms with van der Waals surface area (Å²) in [6, 6.07) is 2.96. The fourth-order valence-corrected chi connectivity index (χ4v) is 3.22. The molecule has 0 aromatic heterocycles. The molecule has 0 saturated carbocycles. The maximum Gasteiger partial charge on any atom is 0.305 e. The van der Waals surface area contributed by atoms with Crippen molar-refractivity contribution in [1.82, 2.24) is 0 Å². The molecule has 0 fully saturated rings. The molecule has 0 aliphatic heterocycles. The van der Waals surface area contributed by atoms with E-state index in [1.54, 1.807) is 6.07 Å². The summed E-state index contributed by atoms with van der Waals surface area (Å²) >= 11 is 6.57. The molecular weight excluding hydrogens is 480 g/mol. The van der Waals surface area contributed by atoms with Crippen molar-refractivity contribution in [1.29, 1.82) is 0 Å². The van der Waals surface area contributed by atoms with Crippen molar-refractivity contribution in [3.05, 3.63) is 32.2 Å². The number of esters is 4. The maximum absolute atomic E-state index is 11.3. The molecular formula is C16H16Br2O8. The lowest BCUT2D eigenvalue weighted by Gasteiger charge is -2.22. The number of hydrogen-bond donors (Lipinski definition) is 0. The Morgan fingerprint density at radius 3 is 1.15 bits per heavy atom. The third kappa shape index (κ3) is 6.75. The van der Waals surface area contributed by atoms with Crippen LogP contribution in [0.15, 0.2) is 21.1 Å². The van der Waals surface area contributed by atoms with Gasteiger partial charge in [0.25, 0.3) is 12.6 Å². The summed E-state index contributed by atoms with van der Waals surface area (Å²) in [6.07, 6.45) is -2.69. The molecule has 142 valence electrons. The second kappa shape index (κ2) is 9.67. The van der Waals surface area contributed by atoms with Crippen LogP contribution in [0.1, 0.15) is 51.4 Å². The summed E-state index contributed by atoms with van der Waals surface area (Å²) in [5, 5.41) is 0. The van der Waals surface area contributed by atoms with Crippen LogP contribution in [-0.2, 0) is 38.1 Å². The molecule has 1 aromatic carbocycles. The van der Waals surface area contributed by atoms with Gasteiger partial charge >= 0.3 is 23.9 Å². The van der Waals surface area contributed by atoms with Gasteiger partial charge < -0.3 is 18.9 Å². The van der Waals surface area contributed by atoms with Crippen molar-refractivity contribution in [3.8, 4) is 0 Å². The quantitative estimate of drug-likeness (QED) is 0.436. The zero-order valence-corrected chi connectivity index (χ0v) is 17.5. The van der Waals surface area contributed by atoms with Gasteiger partial charge in [0.1, 0.15) is 0 Å². The van der Waals surface area contributed by atoms with Gasteiger partial charge in [0.2, 0.25) is 0 Å². The van der Waals surface area contributed by atoms with Crippen LogP contribution in [0.4, 0.5) is 0 Å². The van der Waals surface area contributed by atoms with E-state index in [9.17, 15) is 19.2 Å². The molecule has 8 nitrogen and oxygen atoms in total. The number of hydrogen-bond acceptors (Lipinski definition) is 8. The molecule has 0 radical (unpaired) electrons. The Hall–Kier alpha value is -1.94.